The quantitative estimate of drug-likeness (QED) is 0.342. The minimum absolute atomic E-state index is 0.0716. The van der Waals surface area contributed by atoms with E-state index in [2.05, 4.69) is 15.0 Å². The first-order chi connectivity index (χ1) is 8.60. The van der Waals surface area contributed by atoms with Crippen molar-refractivity contribution >= 4 is 22.5 Å². The number of hydrogen-bond acceptors (Lipinski definition) is 5. The summed E-state index contributed by atoms with van der Waals surface area (Å²) in [7, 11) is -0.714. The van der Waals surface area contributed by atoms with Gasteiger partial charge in [-0.25, -0.2) is 4.98 Å². The van der Waals surface area contributed by atoms with Gasteiger partial charge in [0.2, 0.25) is 0 Å². The Morgan fingerprint density at radius 3 is 2.78 bits per heavy atom. The number of aryl methyl sites for hydroxylation is 1. The molecule has 1 aliphatic heterocycles. The fourth-order valence-electron chi connectivity index (χ4n) is 1.89. The summed E-state index contributed by atoms with van der Waals surface area (Å²) in [5, 5.41) is 11.7. The predicted molar refractivity (Wildman–Crippen MR) is 71.6 cm³/mol. The lowest BCUT2D eigenvalue weighted by Gasteiger charge is -2.27. The van der Waals surface area contributed by atoms with Gasteiger partial charge >= 0.3 is 0 Å². The maximum Gasteiger partial charge on any atom is 0.170 e. The van der Waals surface area contributed by atoms with Crippen LogP contribution in [0.15, 0.2) is 17.3 Å². The lowest BCUT2D eigenvalue weighted by atomic mass is 10.2. The molecule has 0 aromatic carbocycles. The molecule has 0 bridgehead atoms. The first kappa shape index (κ1) is 12.8. The van der Waals surface area contributed by atoms with E-state index >= 15 is 0 Å². The molecular weight excluding hydrogens is 252 g/mol. The average molecular weight is 268 g/mol. The molecule has 1 fully saturated rings. The highest BCUT2D eigenvalue weighted by Gasteiger charge is 2.17. The van der Waals surface area contributed by atoms with Crippen molar-refractivity contribution in [3.8, 4) is 0 Å². The second kappa shape index (κ2) is 5.34. The third-order valence-electron chi connectivity index (χ3n) is 2.85. The summed E-state index contributed by atoms with van der Waals surface area (Å²) in [4.78, 5) is 6.51. The van der Waals surface area contributed by atoms with E-state index < -0.39 is 10.8 Å². The van der Waals surface area contributed by atoms with Gasteiger partial charge in [-0.1, -0.05) is 5.16 Å². The van der Waals surface area contributed by atoms with Crippen molar-refractivity contribution in [2.75, 3.05) is 29.5 Å². The summed E-state index contributed by atoms with van der Waals surface area (Å²) in [6, 6.07) is 3.55. The van der Waals surface area contributed by atoms with Crippen LogP contribution >= 0.6 is 0 Å². The topological polar surface area (TPSA) is 91.8 Å². The van der Waals surface area contributed by atoms with E-state index in [0.717, 1.165) is 24.6 Å². The number of hydrogen-bond donors (Lipinski definition) is 2. The van der Waals surface area contributed by atoms with Crippen molar-refractivity contribution < 1.29 is 9.42 Å². The minimum Gasteiger partial charge on any atom is -0.409 e. The van der Waals surface area contributed by atoms with Crippen molar-refractivity contribution in [1.82, 2.24) is 4.98 Å². The number of aromatic nitrogens is 1. The Morgan fingerprint density at radius 1 is 1.50 bits per heavy atom. The molecule has 18 heavy (non-hydrogen) atoms. The van der Waals surface area contributed by atoms with Crippen LogP contribution < -0.4 is 10.6 Å². The van der Waals surface area contributed by atoms with Gasteiger partial charge in [-0.3, -0.25) is 4.21 Å². The van der Waals surface area contributed by atoms with Crippen LogP contribution in [0, 0.1) is 6.92 Å². The Morgan fingerprint density at radius 2 is 2.17 bits per heavy atom. The van der Waals surface area contributed by atoms with Gasteiger partial charge in [0, 0.05) is 46.7 Å². The Hall–Kier alpha value is -1.63. The van der Waals surface area contributed by atoms with Crippen LogP contribution in [0.1, 0.15) is 11.3 Å². The molecule has 0 aliphatic carbocycles. The van der Waals surface area contributed by atoms with Gasteiger partial charge in [0.25, 0.3) is 0 Å². The first-order valence-corrected chi connectivity index (χ1v) is 7.15. The predicted octanol–water partition coefficient (Wildman–Crippen LogP) is 0.0532. The van der Waals surface area contributed by atoms with Crippen LogP contribution in [0.4, 0.5) is 5.82 Å². The molecule has 0 saturated carbocycles. The van der Waals surface area contributed by atoms with Gasteiger partial charge in [0.15, 0.2) is 5.84 Å². The Balaban J connectivity index is 2.28. The highest BCUT2D eigenvalue weighted by atomic mass is 32.2. The molecule has 2 heterocycles. The molecule has 0 spiro atoms. The zero-order chi connectivity index (χ0) is 13.1. The summed E-state index contributed by atoms with van der Waals surface area (Å²) < 4.78 is 11.3. The fourth-order valence-corrected chi connectivity index (χ4v) is 2.94. The minimum atomic E-state index is -0.714. The highest BCUT2D eigenvalue weighted by molar-refractivity contribution is 7.85. The lowest BCUT2D eigenvalue weighted by Crippen LogP contribution is -2.38. The van der Waals surface area contributed by atoms with Crippen LogP contribution in [0.2, 0.25) is 0 Å². The Bertz CT molecular complexity index is 494. The molecule has 0 unspecified atom stereocenters. The van der Waals surface area contributed by atoms with Gasteiger partial charge in [-0.15, -0.1) is 0 Å². The second-order valence-electron chi connectivity index (χ2n) is 4.18. The number of nitrogens with two attached hydrogens (primary N) is 1. The van der Waals surface area contributed by atoms with Crippen LogP contribution in [-0.4, -0.2) is 44.8 Å². The SMILES string of the molecule is Cc1cc(/C(N)=N/O)cc(N2CCS(=O)CC2)n1. The molecule has 1 aromatic heterocycles. The molecular formula is C11H16N4O2S. The molecule has 7 heteroatoms. The number of oxime groups is 1. The third kappa shape index (κ3) is 2.79. The maximum absolute atomic E-state index is 11.3. The third-order valence-corrected chi connectivity index (χ3v) is 4.12. The van der Waals surface area contributed by atoms with Crippen LogP contribution in [0.5, 0.6) is 0 Å². The van der Waals surface area contributed by atoms with Gasteiger partial charge < -0.3 is 15.8 Å². The molecule has 98 valence electrons. The molecule has 6 nitrogen and oxygen atoms in total. The molecule has 0 atom stereocenters. The second-order valence-corrected chi connectivity index (χ2v) is 5.87. The van der Waals surface area contributed by atoms with Crippen LogP contribution in [-0.2, 0) is 10.8 Å². The van der Waals surface area contributed by atoms with E-state index in [0.29, 0.717) is 17.1 Å². The van der Waals surface area contributed by atoms with Crippen molar-refractivity contribution in [3.05, 3.63) is 23.4 Å². The van der Waals surface area contributed by atoms with Gasteiger partial charge in [-0.2, -0.15) is 0 Å². The van der Waals surface area contributed by atoms with Crippen LogP contribution in [0.3, 0.4) is 0 Å². The molecule has 0 radical (unpaired) electrons. The standard InChI is InChI=1S/C11H16N4O2S/c1-8-6-9(11(12)14-16)7-10(13-8)15-2-4-18(17)5-3-15/h6-7,16H,2-5H2,1H3,(H2,12,14). The van der Waals surface area contributed by atoms with Crippen LogP contribution in [0.25, 0.3) is 0 Å². The number of rotatable bonds is 2. The summed E-state index contributed by atoms with van der Waals surface area (Å²) in [6.07, 6.45) is 0. The van der Waals surface area contributed by atoms with E-state index in [1.54, 1.807) is 12.1 Å². The summed E-state index contributed by atoms with van der Waals surface area (Å²) in [6.45, 7) is 3.30. The normalized spacial score (nSPS) is 18.1. The average Bonchev–Trinajstić information content (AvgIpc) is 2.38. The highest BCUT2D eigenvalue weighted by Crippen LogP contribution is 2.16. The Kier molecular flexibility index (Phi) is 3.81. The molecule has 0 amide bonds. The maximum atomic E-state index is 11.3. The van der Waals surface area contributed by atoms with E-state index in [-0.39, 0.29) is 5.84 Å². The summed E-state index contributed by atoms with van der Waals surface area (Å²) >= 11 is 0. The number of amidine groups is 1. The number of pyridine rings is 1. The number of anilines is 1. The first-order valence-electron chi connectivity index (χ1n) is 5.66. The van der Waals surface area contributed by atoms with Gasteiger partial charge in [0.1, 0.15) is 5.82 Å². The van der Waals surface area contributed by atoms with E-state index in [4.69, 9.17) is 10.9 Å². The zero-order valence-corrected chi connectivity index (χ0v) is 11.0. The molecule has 1 aromatic rings. The zero-order valence-electron chi connectivity index (χ0n) is 10.2. The monoisotopic (exact) mass is 268 g/mol. The van der Waals surface area contributed by atoms with Crippen molar-refractivity contribution in [2.45, 2.75) is 6.92 Å². The Labute approximate surface area is 108 Å². The largest absolute Gasteiger partial charge is 0.409 e. The lowest BCUT2D eigenvalue weighted by molar-refractivity contribution is 0.318. The summed E-state index contributed by atoms with van der Waals surface area (Å²) in [5.41, 5.74) is 7.04. The van der Waals surface area contributed by atoms with E-state index in [1.165, 1.54) is 0 Å². The van der Waals surface area contributed by atoms with Gasteiger partial charge in [-0.05, 0) is 19.1 Å². The van der Waals surface area contributed by atoms with E-state index in [9.17, 15) is 4.21 Å². The molecule has 1 saturated heterocycles. The van der Waals surface area contributed by atoms with Gasteiger partial charge in [0.05, 0.1) is 0 Å². The molecule has 3 N–H and O–H groups in total. The smallest absolute Gasteiger partial charge is 0.170 e. The molecule has 2 rings (SSSR count). The van der Waals surface area contributed by atoms with Crippen molar-refractivity contribution in [1.29, 1.82) is 0 Å². The van der Waals surface area contributed by atoms with E-state index in [1.807, 2.05) is 6.92 Å². The summed E-state index contributed by atoms with van der Waals surface area (Å²) in [5.74, 6) is 2.18. The van der Waals surface area contributed by atoms with Crippen molar-refractivity contribution in [2.24, 2.45) is 10.9 Å². The molecule has 1 aliphatic rings. The van der Waals surface area contributed by atoms with Crippen molar-refractivity contribution in [3.63, 3.8) is 0 Å². The number of nitrogens with zero attached hydrogens (tertiary/aromatic N) is 3. The fraction of sp³-hybridized carbons (Fsp3) is 0.455.